The van der Waals surface area contributed by atoms with E-state index in [1.54, 1.807) is 17.4 Å². The number of hydrazine groups is 1. The fraction of sp³-hybridized carbons (Fsp3) is 0.200. The Morgan fingerprint density at radius 3 is 2.86 bits per heavy atom. The van der Waals surface area contributed by atoms with Crippen molar-refractivity contribution in [3.8, 4) is 0 Å². The van der Waals surface area contributed by atoms with Gasteiger partial charge in [-0.1, -0.05) is 6.08 Å². The van der Waals surface area contributed by atoms with Crippen molar-refractivity contribution in [1.29, 1.82) is 0 Å². The van der Waals surface area contributed by atoms with Crippen LogP contribution in [0.15, 0.2) is 48.6 Å². The largest absolute Gasteiger partial charge is 0.469 e. The number of halogens is 1. The SMILES string of the molecule is FC1=C(NN2C=COC=C2)CCC=C1. The van der Waals surface area contributed by atoms with Gasteiger partial charge in [0.05, 0.1) is 18.1 Å². The van der Waals surface area contributed by atoms with Crippen LogP contribution in [0.4, 0.5) is 4.39 Å². The zero-order valence-corrected chi connectivity index (χ0v) is 7.61. The highest BCUT2D eigenvalue weighted by Gasteiger charge is 2.09. The first-order chi connectivity index (χ1) is 6.86. The lowest BCUT2D eigenvalue weighted by Crippen LogP contribution is -2.30. The number of hydrogen-bond acceptors (Lipinski definition) is 3. The van der Waals surface area contributed by atoms with E-state index in [-0.39, 0.29) is 5.83 Å². The first kappa shape index (κ1) is 8.87. The monoisotopic (exact) mass is 194 g/mol. The molecule has 3 nitrogen and oxygen atoms in total. The summed E-state index contributed by atoms with van der Waals surface area (Å²) in [7, 11) is 0. The lowest BCUT2D eigenvalue weighted by atomic mass is 10.1. The molecule has 1 N–H and O–H groups in total. The quantitative estimate of drug-likeness (QED) is 0.730. The van der Waals surface area contributed by atoms with Gasteiger partial charge in [-0.2, -0.15) is 0 Å². The number of rotatable bonds is 2. The van der Waals surface area contributed by atoms with Crippen molar-refractivity contribution in [2.24, 2.45) is 0 Å². The molecule has 0 fully saturated rings. The third-order valence-corrected chi connectivity index (χ3v) is 1.98. The van der Waals surface area contributed by atoms with Crippen molar-refractivity contribution in [3.63, 3.8) is 0 Å². The van der Waals surface area contributed by atoms with Crippen molar-refractivity contribution in [3.05, 3.63) is 48.6 Å². The average molecular weight is 194 g/mol. The van der Waals surface area contributed by atoms with Crippen LogP contribution in [-0.2, 0) is 4.74 Å². The van der Waals surface area contributed by atoms with Gasteiger partial charge in [0.25, 0.3) is 0 Å². The average Bonchev–Trinajstić information content (AvgIpc) is 2.23. The maximum Gasteiger partial charge on any atom is 0.143 e. The van der Waals surface area contributed by atoms with Crippen LogP contribution in [0.25, 0.3) is 0 Å². The first-order valence-corrected chi connectivity index (χ1v) is 4.45. The van der Waals surface area contributed by atoms with Crippen molar-refractivity contribution in [2.75, 3.05) is 0 Å². The molecule has 0 radical (unpaired) electrons. The van der Waals surface area contributed by atoms with E-state index in [4.69, 9.17) is 4.74 Å². The van der Waals surface area contributed by atoms with Gasteiger partial charge in [0.2, 0.25) is 0 Å². The van der Waals surface area contributed by atoms with Crippen molar-refractivity contribution in [2.45, 2.75) is 12.8 Å². The molecule has 0 amide bonds. The predicted molar refractivity (Wildman–Crippen MR) is 50.8 cm³/mol. The molecule has 0 aromatic carbocycles. The maximum atomic E-state index is 13.2. The normalized spacial score (nSPS) is 19.9. The first-order valence-electron chi connectivity index (χ1n) is 4.45. The fourth-order valence-corrected chi connectivity index (χ4v) is 1.27. The van der Waals surface area contributed by atoms with Crippen LogP contribution in [0.1, 0.15) is 12.8 Å². The summed E-state index contributed by atoms with van der Waals surface area (Å²) in [6, 6.07) is 0. The number of nitrogens with one attached hydrogen (secondary N) is 1. The van der Waals surface area contributed by atoms with E-state index in [1.165, 1.54) is 18.6 Å². The number of allylic oxidation sites excluding steroid dienone is 4. The van der Waals surface area contributed by atoms with E-state index in [0.717, 1.165) is 6.42 Å². The van der Waals surface area contributed by atoms with Crippen molar-refractivity contribution >= 4 is 0 Å². The molecule has 14 heavy (non-hydrogen) atoms. The van der Waals surface area contributed by atoms with E-state index in [0.29, 0.717) is 12.1 Å². The predicted octanol–water partition coefficient (Wildman–Crippen LogP) is 2.30. The molecule has 4 heteroatoms. The van der Waals surface area contributed by atoms with Crippen LogP contribution >= 0.6 is 0 Å². The minimum absolute atomic E-state index is 0.204. The van der Waals surface area contributed by atoms with Gasteiger partial charge >= 0.3 is 0 Å². The third kappa shape index (κ3) is 1.96. The van der Waals surface area contributed by atoms with Gasteiger partial charge in [0.15, 0.2) is 0 Å². The number of hydrogen-bond donors (Lipinski definition) is 1. The Kier molecular flexibility index (Phi) is 2.53. The summed E-state index contributed by atoms with van der Waals surface area (Å²) in [4.78, 5) is 0. The molecule has 1 aliphatic heterocycles. The molecule has 2 rings (SSSR count). The smallest absolute Gasteiger partial charge is 0.143 e. The summed E-state index contributed by atoms with van der Waals surface area (Å²) < 4.78 is 18.1. The summed E-state index contributed by atoms with van der Waals surface area (Å²) in [5.74, 6) is -0.204. The lowest BCUT2D eigenvalue weighted by Gasteiger charge is -2.22. The summed E-state index contributed by atoms with van der Waals surface area (Å²) in [5, 5.41) is 1.65. The zero-order valence-electron chi connectivity index (χ0n) is 7.61. The second-order valence-corrected chi connectivity index (χ2v) is 2.99. The van der Waals surface area contributed by atoms with Crippen LogP contribution in [0, 0.1) is 0 Å². The van der Waals surface area contributed by atoms with E-state index in [2.05, 4.69) is 5.43 Å². The van der Waals surface area contributed by atoms with Crippen LogP contribution < -0.4 is 5.43 Å². The Balaban J connectivity index is 2.02. The summed E-state index contributed by atoms with van der Waals surface area (Å²) in [5.41, 5.74) is 3.54. The Bertz CT molecular complexity index is 319. The van der Waals surface area contributed by atoms with Gasteiger partial charge in [0, 0.05) is 0 Å². The summed E-state index contributed by atoms with van der Waals surface area (Å²) >= 11 is 0. The topological polar surface area (TPSA) is 24.5 Å². The van der Waals surface area contributed by atoms with Crippen LogP contribution in [0.3, 0.4) is 0 Å². The molecular formula is C10H11FN2O. The molecule has 0 atom stereocenters. The van der Waals surface area contributed by atoms with E-state index < -0.39 is 0 Å². The number of ether oxygens (including phenoxy) is 1. The lowest BCUT2D eigenvalue weighted by molar-refractivity contribution is 0.309. The van der Waals surface area contributed by atoms with E-state index >= 15 is 0 Å². The molecular weight excluding hydrogens is 183 g/mol. The van der Waals surface area contributed by atoms with Crippen LogP contribution in [0.5, 0.6) is 0 Å². The highest BCUT2D eigenvalue weighted by molar-refractivity contribution is 5.22. The van der Waals surface area contributed by atoms with Crippen molar-refractivity contribution in [1.82, 2.24) is 10.4 Å². The molecule has 2 aliphatic rings. The molecule has 1 heterocycles. The second-order valence-electron chi connectivity index (χ2n) is 2.99. The van der Waals surface area contributed by atoms with E-state index in [1.807, 2.05) is 6.08 Å². The van der Waals surface area contributed by atoms with Gasteiger partial charge in [-0.25, -0.2) is 4.39 Å². The van der Waals surface area contributed by atoms with Gasteiger partial charge in [-0.05, 0) is 18.9 Å². The molecule has 0 saturated carbocycles. The summed E-state index contributed by atoms with van der Waals surface area (Å²) in [6.07, 6.45) is 11.3. The van der Waals surface area contributed by atoms with Crippen LogP contribution in [-0.4, -0.2) is 5.01 Å². The summed E-state index contributed by atoms with van der Waals surface area (Å²) in [6.45, 7) is 0. The maximum absolute atomic E-state index is 13.2. The van der Waals surface area contributed by atoms with E-state index in [9.17, 15) is 4.39 Å². The van der Waals surface area contributed by atoms with Crippen LogP contribution in [0.2, 0.25) is 0 Å². The molecule has 74 valence electrons. The van der Waals surface area contributed by atoms with Crippen molar-refractivity contribution < 1.29 is 9.13 Å². The fourth-order valence-electron chi connectivity index (χ4n) is 1.27. The molecule has 0 unspecified atom stereocenters. The molecule has 0 spiro atoms. The Hall–Kier alpha value is -1.71. The zero-order chi connectivity index (χ0) is 9.80. The molecule has 1 aliphatic carbocycles. The number of nitrogens with zero attached hydrogens (tertiary/aromatic N) is 1. The Morgan fingerprint density at radius 1 is 1.36 bits per heavy atom. The minimum atomic E-state index is -0.204. The Morgan fingerprint density at radius 2 is 2.14 bits per heavy atom. The molecule has 0 saturated heterocycles. The molecule has 0 bridgehead atoms. The molecule has 0 aromatic rings. The Labute approximate surface area is 81.8 Å². The van der Waals surface area contributed by atoms with Gasteiger partial charge in [-0.15, -0.1) is 0 Å². The standard InChI is InChI=1S/C10H11FN2O/c11-9-3-1-2-4-10(9)12-13-5-7-14-8-6-13/h1,3,5-8,12H,2,4H2. The van der Waals surface area contributed by atoms with Gasteiger partial charge in [-0.3, -0.25) is 10.4 Å². The highest BCUT2D eigenvalue weighted by Crippen LogP contribution is 2.18. The van der Waals surface area contributed by atoms with Gasteiger partial charge < -0.3 is 4.74 Å². The third-order valence-electron chi connectivity index (χ3n) is 1.98. The second kappa shape index (κ2) is 4.00. The van der Waals surface area contributed by atoms with Gasteiger partial charge in [0.1, 0.15) is 18.4 Å². The highest BCUT2D eigenvalue weighted by atomic mass is 19.1. The minimum Gasteiger partial charge on any atom is -0.469 e. The molecule has 0 aromatic heterocycles.